The third-order valence-corrected chi connectivity index (χ3v) is 2.64. The molecule has 0 aromatic rings. The number of amides is 1. The Morgan fingerprint density at radius 3 is 2.87 bits per heavy atom. The third kappa shape index (κ3) is 1.91. The van der Waals surface area contributed by atoms with Gasteiger partial charge in [0.15, 0.2) is 0 Å². The summed E-state index contributed by atoms with van der Waals surface area (Å²) in [7, 11) is 0. The first-order valence-corrected chi connectivity index (χ1v) is 5.03. The van der Waals surface area contributed by atoms with E-state index in [1.165, 1.54) is 0 Å². The molecule has 0 aromatic carbocycles. The van der Waals surface area contributed by atoms with E-state index >= 15 is 0 Å². The van der Waals surface area contributed by atoms with Crippen molar-refractivity contribution in [2.24, 2.45) is 10.1 Å². The lowest BCUT2D eigenvalue weighted by molar-refractivity contribution is -0.125. The molecule has 5 nitrogen and oxygen atoms in total. The molecule has 0 saturated carbocycles. The molecule has 1 fully saturated rings. The van der Waals surface area contributed by atoms with E-state index in [0.29, 0.717) is 11.3 Å². The van der Waals surface area contributed by atoms with Gasteiger partial charge in [-0.2, -0.15) is 0 Å². The molecule has 0 atom stereocenters. The normalized spacial score (nSPS) is 23.3. The van der Waals surface area contributed by atoms with Gasteiger partial charge in [0.1, 0.15) is 5.71 Å². The molecule has 15 heavy (non-hydrogen) atoms. The molecule has 5 heteroatoms. The lowest BCUT2D eigenvalue weighted by Crippen LogP contribution is -2.33. The predicted molar refractivity (Wildman–Crippen MR) is 56.5 cm³/mol. The van der Waals surface area contributed by atoms with E-state index in [9.17, 15) is 4.79 Å². The molecule has 0 aromatic heterocycles. The lowest BCUT2D eigenvalue weighted by Gasteiger charge is -2.18. The predicted octanol–water partition coefficient (Wildman–Crippen LogP) is 0.450. The zero-order chi connectivity index (χ0) is 10.7. The Morgan fingerprint density at radius 1 is 1.47 bits per heavy atom. The van der Waals surface area contributed by atoms with Crippen molar-refractivity contribution in [2.45, 2.75) is 12.8 Å². The maximum absolute atomic E-state index is 12.0. The molecular formula is C10H13N3O2. The van der Waals surface area contributed by atoms with Gasteiger partial charge in [-0.15, -0.1) is 0 Å². The zero-order valence-corrected chi connectivity index (χ0v) is 8.39. The van der Waals surface area contributed by atoms with Gasteiger partial charge in [0.25, 0.3) is 5.91 Å². The minimum absolute atomic E-state index is 0.0496. The van der Waals surface area contributed by atoms with E-state index in [2.05, 4.69) is 10.1 Å². The van der Waals surface area contributed by atoms with Crippen molar-refractivity contribution in [3.63, 3.8) is 0 Å². The van der Waals surface area contributed by atoms with Crippen LogP contribution in [0.5, 0.6) is 0 Å². The molecule has 0 spiro atoms. The molecule has 0 aliphatic carbocycles. The average molecular weight is 207 g/mol. The van der Waals surface area contributed by atoms with Crippen LogP contribution >= 0.6 is 0 Å². The molecule has 2 rings (SSSR count). The van der Waals surface area contributed by atoms with Crippen LogP contribution in [0.15, 0.2) is 21.8 Å². The molecule has 0 unspecified atom stereocenters. The molecule has 80 valence electrons. The van der Waals surface area contributed by atoms with Crippen molar-refractivity contribution in [1.29, 1.82) is 0 Å². The van der Waals surface area contributed by atoms with Crippen molar-refractivity contribution >= 4 is 17.8 Å². The van der Waals surface area contributed by atoms with Crippen molar-refractivity contribution in [1.82, 2.24) is 4.90 Å². The van der Waals surface area contributed by atoms with E-state index in [1.807, 2.05) is 0 Å². The molecule has 0 bridgehead atoms. The number of dihydropyridines is 1. The minimum Gasteiger partial charge on any atom is -0.411 e. The van der Waals surface area contributed by atoms with E-state index in [-0.39, 0.29) is 12.5 Å². The van der Waals surface area contributed by atoms with Crippen LogP contribution in [0.4, 0.5) is 0 Å². The molecule has 2 heterocycles. The summed E-state index contributed by atoms with van der Waals surface area (Å²) in [5.74, 6) is -0.0496. The number of rotatable bonds is 1. The highest BCUT2D eigenvalue weighted by Gasteiger charge is 2.25. The second kappa shape index (κ2) is 4.25. The summed E-state index contributed by atoms with van der Waals surface area (Å²) in [4.78, 5) is 17.7. The molecule has 2 aliphatic rings. The highest BCUT2D eigenvalue weighted by molar-refractivity contribution is 6.25. The molecular weight excluding hydrogens is 194 g/mol. The zero-order valence-electron chi connectivity index (χ0n) is 8.39. The lowest BCUT2D eigenvalue weighted by atomic mass is 10.1. The van der Waals surface area contributed by atoms with Crippen LogP contribution in [0.1, 0.15) is 12.8 Å². The number of carbonyl (C=O) groups excluding carboxylic acids is 1. The third-order valence-electron chi connectivity index (χ3n) is 2.64. The topological polar surface area (TPSA) is 65.3 Å². The van der Waals surface area contributed by atoms with Gasteiger partial charge in [-0.3, -0.25) is 9.79 Å². The minimum atomic E-state index is -0.0496. The van der Waals surface area contributed by atoms with Crippen LogP contribution in [-0.4, -0.2) is 47.6 Å². The number of hydrogen-bond donors (Lipinski definition) is 1. The quantitative estimate of drug-likeness (QED) is 0.501. The smallest absolute Gasteiger partial charge is 0.255 e. The van der Waals surface area contributed by atoms with E-state index in [4.69, 9.17) is 5.21 Å². The van der Waals surface area contributed by atoms with Crippen molar-refractivity contribution in [3.8, 4) is 0 Å². The molecule has 0 radical (unpaired) electrons. The Morgan fingerprint density at radius 2 is 2.20 bits per heavy atom. The largest absolute Gasteiger partial charge is 0.411 e. The number of hydrogen-bond acceptors (Lipinski definition) is 4. The van der Waals surface area contributed by atoms with Gasteiger partial charge < -0.3 is 10.1 Å². The number of carbonyl (C=O) groups is 1. The highest BCUT2D eigenvalue weighted by atomic mass is 16.4. The summed E-state index contributed by atoms with van der Waals surface area (Å²) >= 11 is 0. The standard InChI is InChI=1S/C10H13N3O2/c14-10(13-5-1-2-6-13)8-3-4-11-7-9(8)12-15/h3-4,15H,1-2,5-7H2. The number of aliphatic imine (C=N–C) groups is 1. The number of nitrogens with zero attached hydrogens (tertiary/aromatic N) is 3. The van der Waals surface area contributed by atoms with Gasteiger partial charge in [-0.1, -0.05) is 5.16 Å². The fourth-order valence-electron chi connectivity index (χ4n) is 1.82. The van der Waals surface area contributed by atoms with Crippen molar-refractivity contribution < 1.29 is 10.0 Å². The van der Waals surface area contributed by atoms with Crippen LogP contribution in [0.3, 0.4) is 0 Å². The molecule has 1 saturated heterocycles. The Kier molecular flexibility index (Phi) is 2.80. The van der Waals surface area contributed by atoms with Crippen molar-refractivity contribution in [3.05, 3.63) is 11.6 Å². The fourth-order valence-corrected chi connectivity index (χ4v) is 1.82. The summed E-state index contributed by atoms with van der Waals surface area (Å²) in [6.07, 6.45) is 5.30. The van der Waals surface area contributed by atoms with Gasteiger partial charge in [-0.05, 0) is 18.9 Å². The highest BCUT2D eigenvalue weighted by Crippen LogP contribution is 2.14. The second-order valence-electron chi connectivity index (χ2n) is 3.62. The van der Waals surface area contributed by atoms with Crippen LogP contribution in [0.2, 0.25) is 0 Å². The Hall–Kier alpha value is -1.65. The van der Waals surface area contributed by atoms with Crippen LogP contribution in [0, 0.1) is 0 Å². The van der Waals surface area contributed by atoms with Crippen LogP contribution in [0.25, 0.3) is 0 Å². The average Bonchev–Trinajstić information content (AvgIpc) is 2.81. The van der Waals surface area contributed by atoms with E-state index in [0.717, 1.165) is 25.9 Å². The summed E-state index contributed by atoms with van der Waals surface area (Å²) in [6.45, 7) is 1.87. The first-order chi connectivity index (χ1) is 7.33. The van der Waals surface area contributed by atoms with Crippen LogP contribution in [-0.2, 0) is 4.79 Å². The van der Waals surface area contributed by atoms with Crippen molar-refractivity contribution in [2.75, 3.05) is 19.6 Å². The Bertz CT molecular complexity index is 352. The van der Waals surface area contributed by atoms with Crippen LogP contribution < -0.4 is 0 Å². The molecule has 1 amide bonds. The summed E-state index contributed by atoms with van der Waals surface area (Å²) in [5, 5.41) is 11.9. The maximum atomic E-state index is 12.0. The second-order valence-corrected chi connectivity index (χ2v) is 3.62. The monoisotopic (exact) mass is 207 g/mol. The maximum Gasteiger partial charge on any atom is 0.255 e. The van der Waals surface area contributed by atoms with Gasteiger partial charge in [-0.25, -0.2) is 0 Å². The van der Waals surface area contributed by atoms with E-state index in [1.54, 1.807) is 17.2 Å². The first-order valence-electron chi connectivity index (χ1n) is 5.03. The summed E-state index contributed by atoms with van der Waals surface area (Å²) < 4.78 is 0. The number of allylic oxidation sites excluding steroid dienone is 1. The summed E-state index contributed by atoms with van der Waals surface area (Å²) in [5.41, 5.74) is 0.823. The first kappa shape index (κ1) is 9.89. The molecule has 1 N–H and O–H groups in total. The van der Waals surface area contributed by atoms with Gasteiger partial charge in [0.2, 0.25) is 0 Å². The number of likely N-dealkylation sites (tertiary alicyclic amines) is 1. The Balaban J connectivity index is 2.17. The SMILES string of the molecule is O=C(C1=CC=NCC1=NO)N1CCCC1. The Labute approximate surface area is 87.8 Å². The molecule has 2 aliphatic heterocycles. The summed E-state index contributed by atoms with van der Waals surface area (Å²) in [6, 6.07) is 0. The fraction of sp³-hybridized carbons (Fsp3) is 0.500. The van der Waals surface area contributed by atoms with Gasteiger partial charge >= 0.3 is 0 Å². The number of oxime groups is 1. The van der Waals surface area contributed by atoms with E-state index < -0.39 is 0 Å². The van der Waals surface area contributed by atoms with Gasteiger partial charge in [0.05, 0.1) is 12.1 Å². The van der Waals surface area contributed by atoms with Gasteiger partial charge in [0, 0.05) is 19.3 Å².